The lowest BCUT2D eigenvalue weighted by Gasteiger charge is -2.25. The van der Waals surface area contributed by atoms with Crippen LogP contribution in [-0.4, -0.2) is 12.5 Å². The van der Waals surface area contributed by atoms with Crippen molar-refractivity contribution in [2.45, 2.75) is 6.04 Å². The summed E-state index contributed by atoms with van der Waals surface area (Å²) in [5.41, 5.74) is 4.65. The first kappa shape index (κ1) is 26.6. The van der Waals surface area contributed by atoms with E-state index in [1.807, 2.05) is 6.07 Å². The van der Waals surface area contributed by atoms with Crippen molar-refractivity contribution in [3.05, 3.63) is 175 Å². The fourth-order valence-corrected chi connectivity index (χ4v) is 8.85. The van der Waals surface area contributed by atoms with E-state index in [-0.39, 0.29) is 6.04 Å². The first-order chi connectivity index (χ1) is 21.8. The van der Waals surface area contributed by atoms with Crippen LogP contribution in [0, 0.1) is 0 Å². The molecule has 1 aliphatic rings. The number of nitrogens with zero attached hydrogens (tertiary/aromatic N) is 1. The Labute approximate surface area is 259 Å². The largest absolute Gasteiger partial charge is 0.475 e. The maximum Gasteiger partial charge on any atom is 0.217 e. The predicted octanol–water partition coefficient (Wildman–Crippen LogP) is 8.94. The van der Waals surface area contributed by atoms with Crippen LogP contribution in [0.4, 0.5) is 0 Å². The molecule has 0 aliphatic carbocycles. The molecule has 0 aromatic heterocycles. The van der Waals surface area contributed by atoms with Gasteiger partial charge in [-0.3, -0.25) is 0 Å². The number of aliphatic imine (C=N–C) groups is 1. The molecule has 0 spiro atoms. The average Bonchev–Trinajstić information content (AvgIpc) is 3.60. The highest BCUT2D eigenvalue weighted by Crippen LogP contribution is 2.44. The summed E-state index contributed by atoms with van der Waals surface area (Å²) in [6.45, 7) is 0.536. The highest BCUT2D eigenvalue weighted by molar-refractivity contribution is 7.80. The third-order valence-corrected chi connectivity index (χ3v) is 10.9. The van der Waals surface area contributed by atoms with Crippen molar-refractivity contribution < 1.29 is 4.74 Å². The van der Waals surface area contributed by atoms with E-state index in [2.05, 4.69) is 158 Å². The van der Waals surface area contributed by atoms with E-state index < -0.39 is 7.92 Å². The fourth-order valence-electron chi connectivity index (χ4n) is 6.38. The summed E-state index contributed by atoms with van der Waals surface area (Å²) < 4.78 is 6.45. The Morgan fingerprint density at radius 2 is 1.02 bits per heavy atom. The summed E-state index contributed by atoms with van der Waals surface area (Å²) in [5.74, 6) is 0.710. The molecule has 1 heterocycles. The van der Waals surface area contributed by atoms with E-state index in [0.29, 0.717) is 12.5 Å². The van der Waals surface area contributed by atoms with E-state index in [1.54, 1.807) is 0 Å². The molecule has 0 saturated carbocycles. The van der Waals surface area contributed by atoms with E-state index >= 15 is 0 Å². The van der Waals surface area contributed by atoms with Crippen molar-refractivity contribution >= 4 is 51.3 Å². The summed E-state index contributed by atoms with van der Waals surface area (Å²) >= 11 is 0. The van der Waals surface area contributed by atoms with Gasteiger partial charge in [0.25, 0.3) is 0 Å². The lowest BCUT2D eigenvalue weighted by atomic mass is 9.90. The fraction of sp³-hybridized carbons (Fsp3) is 0.0488. The smallest absolute Gasteiger partial charge is 0.217 e. The number of benzene rings is 7. The molecule has 0 radical (unpaired) electrons. The van der Waals surface area contributed by atoms with Gasteiger partial charge in [0.15, 0.2) is 0 Å². The maximum atomic E-state index is 6.45. The second-order valence-electron chi connectivity index (χ2n) is 11.1. The van der Waals surface area contributed by atoms with Crippen molar-refractivity contribution in [1.82, 2.24) is 0 Å². The number of hydrogen-bond donors (Lipinski definition) is 0. The van der Waals surface area contributed by atoms with Crippen LogP contribution < -0.4 is 15.9 Å². The monoisotopic (exact) mass is 583 g/mol. The van der Waals surface area contributed by atoms with Crippen molar-refractivity contribution in [2.24, 2.45) is 4.99 Å². The van der Waals surface area contributed by atoms with Crippen molar-refractivity contribution in [3.63, 3.8) is 0 Å². The second-order valence-corrected chi connectivity index (χ2v) is 13.3. The van der Waals surface area contributed by atoms with Crippen LogP contribution in [0.25, 0.3) is 32.7 Å². The van der Waals surface area contributed by atoms with Gasteiger partial charge in [-0.25, -0.2) is 4.99 Å². The van der Waals surface area contributed by atoms with Gasteiger partial charge in [-0.05, 0) is 62.6 Å². The lowest BCUT2D eigenvalue weighted by Crippen LogP contribution is -2.23. The van der Waals surface area contributed by atoms with Crippen LogP contribution in [0.15, 0.2) is 169 Å². The maximum absolute atomic E-state index is 6.45. The van der Waals surface area contributed by atoms with Crippen LogP contribution in [0.1, 0.15) is 17.2 Å². The number of rotatable bonds is 6. The highest BCUT2D eigenvalue weighted by atomic mass is 31.1. The Morgan fingerprint density at radius 1 is 0.500 bits per heavy atom. The van der Waals surface area contributed by atoms with Gasteiger partial charge in [0.2, 0.25) is 5.90 Å². The summed E-state index contributed by atoms with van der Waals surface area (Å²) in [6, 6.07) is 58.9. The minimum atomic E-state index is -0.869. The van der Waals surface area contributed by atoms with Gasteiger partial charge in [-0.15, -0.1) is 0 Å². The van der Waals surface area contributed by atoms with Crippen LogP contribution in [0.5, 0.6) is 0 Å². The third kappa shape index (κ3) is 4.78. The summed E-state index contributed by atoms with van der Waals surface area (Å²) in [5, 5.41) is 8.83. The predicted molar refractivity (Wildman–Crippen MR) is 187 cm³/mol. The number of ether oxygens (including phenoxy) is 1. The molecule has 0 bridgehead atoms. The Hall–Kier alpha value is -5.04. The molecular formula is C41H30NOP. The molecule has 1 aliphatic heterocycles. The molecule has 0 amide bonds. The van der Waals surface area contributed by atoms with Crippen molar-refractivity contribution in [3.8, 4) is 11.1 Å². The van der Waals surface area contributed by atoms with Gasteiger partial charge in [0.1, 0.15) is 12.6 Å². The Kier molecular flexibility index (Phi) is 6.99. The van der Waals surface area contributed by atoms with E-state index in [9.17, 15) is 0 Å². The zero-order valence-corrected chi connectivity index (χ0v) is 25.1. The van der Waals surface area contributed by atoms with Gasteiger partial charge in [-0.1, -0.05) is 158 Å². The topological polar surface area (TPSA) is 21.6 Å². The summed E-state index contributed by atoms with van der Waals surface area (Å²) in [7, 11) is -0.869. The quantitative estimate of drug-likeness (QED) is 0.179. The molecule has 210 valence electrons. The molecule has 2 nitrogen and oxygen atoms in total. The molecule has 1 atom stereocenters. The van der Waals surface area contributed by atoms with E-state index in [0.717, 1.165) is 5.56 Å². The van der Waals surface area contributed by atoms with Crippen molar-refractivity contribution in [2.75, 3.05) is 6.61 Å². The zero-order valence-electron chi connectivity index (χ0n) is 24.2. The summed E-state index contributed by atoms with van der Waals surface area (Å²) in [4.78, 5) is 5.19. The van der Waals surface area contributed by atoms with Gasteiger partial charge in [0.05, 0.1) is 0 Å². The molecule has 0 saturated heterocycles. The highest BCUT2D eigenvalue weighted by Gasteiger charge is 2.28. The molecule has 7 aromatic rings. The lowest BCUT2D eigenvalue weighted by molar-refractivity contribution is 0.320. The van der Waals surface area contributed by atoms with Crippen LogP contribution >= 0.6 is 7.92 Å². The minimum Gasteiger partial charge on any atom is -0.475 e. The van der Waals surface area contributed by atoms with Crippen LogP contribution in [-0.2, 0) is 4.74 Å². The first-order valence-corrected chi connectivity index (χ1v) is 16.4. The molecule has 8 rings (SSSR count). The second kappa shape index (κ2) is 11.6. The first-order valence-electron chi connectivity index (χ1n) is 15.1. The normalized spacial score (nSPS) is 14.6. The Bertz CT molecular complexity index is 2080. The van der Waals surface area contributed by atoms with E-state index in [4.69, 9.17) is 9.73 Å². The summed E-state index contributed by atoms with van der Waals surface area (Å²) in [6.07, 6.45) is 0. The van der Waals surface area contributed by atoms with Crippen LogP contribution in [0.2, 0.25) is 0 Å². The van der Waals surface area contributed by atoms with Gasteiger partial charge < -0.3 is 4.74 Å². The molecule has 7 aromatic carbocycles. The van der Waals surface area contributed by atoms with Crippen LogP contribution in [0.3, 0.4) is 0 Å². The molecule has 0 unspecified atom stereocenters. The van der Waals surface area contributed by atoms with Crippen molar-refractivity contribution in [1.29, 1.82) is 0 Å². The number of hydrogen-bond acceptors (Lipinski definition) is 2. The molecule has 0 N–H and O–H groups in total. The average molecular weight is 584 g/mol. The molecular weight excluding hydrogens is 553 g/mol. The molecule has 3 heteroatoms. The minimum absolute atomic E-state index is 0.0248. The van der Waals surface area contributed by atoms with Gasteiger partial charge in [0, 0.05) is 11.1 Å². The number of fused-ring (bicyclic) bond motifs is 2. The Morgan fingerprint density at radius 3 is 1.66 bits per heavy atom. The molecule has 44 heavy (non-hydrogen) atoms. The molecule has 0 fully saturated rings. The third-order valence-electron chi connectivity index (χ3n) is 8.42. The van der Waals surface area contributed by atoms with Gasteiger partial charge in [-0.2, -0.15) is 0 Å². The Balaban J connectivity index is 1.45. The van der Waals surface area contributed by atoms with E-state index in [1.165, 1.54) is 54.1 Å². The zero-order chi connectivity index (χ0) is 29.3. The SMILES string of the molecule is c1ccc([C@H]2COC(c3ccc4ccccc4c3-c3c(P(c4ccccc4)c4ccccc4)ccc4ccccc34)=N2)cc1. The standard InChI is InChI=1S/C41H30NOP/c1-4-16-31(17-5-1)37-28-43-41(42-37)36-26-24-29-14-10-12-22-34(29)39(36)40-35-23-13-11-15-30(35)25-27-38(40)44(32-18-6-2-7-19-32)33-20-8-3-9-21-33/h1-27,37H,28H2/t37-/m1/s1. The van der Waals surface area contributed by atoms with Gasteiger partial charge >= 0.3 is 0 Å².